The van der Waals surface area contributed by atoms with E-state index in [0.29, 0.717) is 21.3 Å². The van der Waals surface area contributed by atoms with Gasteiger partial charge in [0.2, 0.25) is 5.89 Å². The van der Waals surface area contributed by atoms with Gasteiger partial charge in [0.25, 0.3) is 0 Å². The summed E-state index contributed by atoms with van der Waals surface area (Å²) in [5, 5.41) is 10.6. The minimum Gasteiger partial charge on any atom is -0.412 e. The summed E-state index contributed by atoms with van der Waals surface area (Å²) >= 11 is 11.7. The molecule has 0 bridgehead atoms. The molecule has 0 saturated carbocycles. The Balaban J connectivity index is 1.79. The van der Waals surface area contributed by atoms with Crippen LogP contribution in [-0.2, 0) is 0 Å². The van der Waals surface area contributed by atoms with Crippen LogP contribution >= 0.6 is 23.2 Å². The Morgan fingerprint density at radius 1 is 1.09 bits per heavy atom. The highest BCUT2D eigenvalue weighted by Gasteiger charge is 2.16. The summed E-state index contributed by atoms with van der Waals surface area (Å²) in [6.45, 7) is 0. The minimum atomic E-state index is -0.612. The number of rotatable bonds is 3. The van der Waals surface area contributed by atoms with Gasteiger partial charge >= 0.3 is 11.8 Å². The number of nitrogens with one attached hydrogen (secondary N) is 1. The van der Waals surface area contributed by atoms with Crippen molar-refractivity contribution in [1.29, 1.82) is 0 Å². The standard InChI is InChI=1S/C15H8Cl2FN3O2/c16-11-5-4-10(7-12(11)17)19-13(22)15-21-20-14(23-15)8-2-1-3-9(18)6-8/h1-7H,(H,19,22). The lowest BCUT2D eigenvalue weighted by molar-refractivity contribution is 0.0991. The average Bonchev–Trinajstić information content (AvgIpc) is 3.01. The first-order chi connectivity index (χ1) is 11.0. The molecule has 0 aliphatic carbocycles. The summed E-state index contributed by atoms with van der Waals surface area (Å²) in [4.78, 5) is 12.1. The fourth-order valence-electron chi connectivity index (χ4n) is 1.81. The molecule has 8 heteroatoms. The van der Waals surface area contributed by atoms with Gasteiger partial charge in [-0.3, -0.25) is 4.79 Å². The van der Waals surface area contributed by atoms with E-state index in [0.717, 1.165) is 0 Å². The van der Waals surface area contributed by atoms with Gasteiger partial charge in [0.05, 0.1) is 10.0 Å². The second-order valence-electron chi connectivity index (χ2n) is 4.51. The van der Waals surface area contributed by atoms with Crippen molar-refractivity contribution in [3.8, 4) is 11.5 Å². The van der Waals surface area contributed by atoms with E-state index in [-0.39, 0.29) is 11.8 Å². The molecular weight excluding hydrogens is 344 g/mol. The van der Waals surface area contributed by atoms with Crippen molar-refractivity contribution in [2.45, 2.75) is 0 Å². The summed E-state index contributed by atoms with van der Waals surface area (Å²) in [6.07, 6.45) is 0. The highest BCUT2D eigenvalue weighted by atomic mass is 35.5. The van der Waals surface area contributed by atoms with Crippen molar-refractivity contribution in [3.05, 3.63) is 64.2 Å². The van der Waals surface area contributed by atoms with Crippen LogP contribution < -0.4 is 5.32 Å². The molecule has 3 aromatic rings. The predicted molar refractivity (Wildman–Crippen MR) is 84.1 cm³/mol. The Labute approximate surface area is 140 Å². The first-order valence-electron chi connectivity index (χ1n) is 6.39. The zero-order chi connectivity index (χ0) is 16.4. The number of halogens is 3. The third-order valence-corrected chi connectivity index (χ3v) is 3.61. The summed E-state index contributed by atoms with van der Waals surface area (Å²) < 4.78 is 18.4. The van der Waals surface area contributed by atoms with E-state index in [9.17, 15) is 9.18 Å². The average molecular weight is 352 g/mol. The van der Waals surface area contributed by atoms with Crippen LogP contribution in [0.1, 0.15) is 10.7 Å². The number of benzene rings is 2. The number of hydrogen-bond acceptors (Lipinski definition) is 4. The zero-order valence-corrected chi connectivity index (χ0v) is 12.9. The van der Waals surface area contributed by atoms with Gasteiger partial charge in [-0.05, 0) is 36.4 Å². The lowest BCUT2D eigenvalue weighted by Gasteiger charge is -2.03. The van der Waals surface area contributed by atoms with Crippen LogP contribution in [0.4, 0.5) is 10.1 Å². The first-order valence-corrected chi connectivity index (χ1v) is 7.14. The molecule has 5 nitrogen and oxygen atoms in total. The van der Waals surface area contributed by atoms with E-state index in [2.05, 4.69) is 15.5 Å². The maximum atomic E-state index is 13.2. The van der Waals surface area contributed by atoms with Gasteiger partial charge in [-0.25, -0.2) is 4.39 Å². The Morgan fingerprint density at radius 3 is 2.65 bits per heavy atom. The van der Waals surface area contributed by atoms with Crippen LogP contribution in [0, 0.1) is 5.82 Å². The third kappa shape index (κ3) is 3.49. The maximum Gasteiger partial charge on any atom is 0.313 e. The number of anilines is 1. The van der Waals surface area contributed by atoms with Gasteiger partial charge in [-0.15, -0.1) is 10.2 Å². The van der Waals surface area contributed by atoms with Crippen molar-refractivity contribution in [2.75, 3.05) is 5.32 Å². The fraction of sp³-hybridized carbons (Fsp3) is 0. The monoisotopic (exact) mass is 351 g/mol. The van der Waals surface area contributed by atoms with Gasteiger partial charge in [0.15, 0.2) is 0 Å². The van der Waals surface area contributed by atoms with Gasteiger partial charge in [-0.1, -0.05) is 29.3 Å². The highest BCUT2D eigenvalue weighted by Crippen LogP contribution is 2.25. The molecule has 0 atom stereocenters. The smallest absolute Gasteiger partial charge is 0.313 e. The Bertz CT molecular complexity index is 883. The molecule has 0 aliphatic rings. The summed E-state index contributed by atoms with van der Waals surface area (Å²) in [5.74, 6) is -1.26. The van der Waals surface area contributed by atoms with Gasteiger partial charge in [0.1, 0.15) is 5.82 Å². The quantitative estimate of drug-likeness (QED) is 0.757. The van der Waals surface area contributed by atoms with Crippen molar-refractivity contribution in [2.24, 2.45) is 0 Å². The Morgan fingerprint density at radius 2 is 1.91 bits per heavy atom. The molecule has 2 aromatic carbocycles. The minimum absolute atomic E-state index is 0.0452. The van der Waals surface area contributed by atoms with Crippen LogP contribution in [-0.4, -0.2) is 16.1 Å². The van der Waals surface area contributed by atoms with Crippen LogP contribution in [0.15, 0.2) is 46.9 Å². The summed E-state index contributed by atoms with van der Waals surface area (Å²) in [5.41, 5.74) is 0.806. The van der Waals surface area contributed by atoms with E-state index in [1.807, 2.05) is 0 Å². The third-order valence-electron chi connectivity index (χ3n) is 2.87. The normalized spacial score (nSPS) is 10.6. The molecule has 116 valence electrons. The molecule has 23 heavy (non-hydrogen) atoms. The van der Waals surface area contributed by atoms with Crippen molar-refractivity contribution < 1.29 is 13.6 Å². The number of carbonyl (C=O) groups is 1. The maximum absolute atomic E-state index is 13.2. The number of aromatic nitrogens is 2. The van der Waals surface area contributed by atoms with Crippen LogP contribution in [0.5, 0.6) is 0 Å². The van der Waals surface area contributed by atoms with Crippen LogP contribution in [0.3, 0.4) is 0 Å². The fourth-order valence-corrected chi connectivity index (χ4v) is 2.11. The van der Waals surface area contributed by atoms with Gasteiger partial charge < -0.3 is 9.73 Å². The largest absolute Gasteiger partial charge is 0.412 e. The molecule has 1 amide bonds. The molecule has 0 fully saturated rings. The number of nitrogens with zero attached hydrogens (tertiary/aromatic N) is 2. The Hall–Kier alpha value is -2.44. The van der Waals surface area contributed by atoms with Crippen molar-refractivity contribution in [3.63, 3.8) is 0 Å². The summed E-state index contributed by atoms with van der Waals surface area (Å²) in [6, 6.07) is 10.2. The molecule has 0 unspecified atom stereocenters. The second kappa shape index (κ2) is 6.36. The second-order valence-corrected chi connectivity index (χ2v) is 5.32. The number of amides is 1. The summed E-state index contributed by atoms with van der Waals surface area (Å²) in [7, 11) is 0. The van der Waals surface area contributed by atoms with E-state index in [1.54, 1.807) is 18.2 Å². The molecule has 0 spiro atoms. The Kier molecular flexibility index (Phi) is 4.27. The zero-order valence-electron chi connectivity index (χ0n) is 11.4. The SMILES string of the molecule is O=C(Nc1ccc(Cl)c(Cl)c1)c1nnc(-c2cccc(F)c2)o1. The first kappa shape index (κ1) is 15.5. The molecule has 3 rings (SSSR count). The molecule has 1 N–H and O–H groups in total. The van der Waals surface area contributed by atoms with Gasteiger partial charge in [0, 0.05) is 11.3 Å². The van der Waals surface area contributed by atoms with E-state index >= 15 is 0 Å². The molecule has 0 radical (unpaired) electrons. The van der Waals surface area contributed by atoms with Crippen LogP contribution in [0.2, 0.25) is 10.0 Å². The van der Waals surface area contributed by atoms with E-state index < -0.39 is 11.7 Å². The molecule has 1 aromatic heterocycles. The van der Waals surface area contributed by atoms with E-state index in [4.69, 9.17) is 27.6 Å². The van der Waals surface area contributed by atoms with Crippen molar-refractivity contribution >= 4 is 34.8 Å². The topological polar surface area (TPSA) is 68.0 Å². The van der Waals surface area contributed by atoms with Crippen LogP contribution in [0.25, 0.3) is 11.5 Å². The molecule has 0 saturated heterocycles. The lowest BCUT2D eigenvalue weighted by atomic mass is 10.2. The predicted octanol–water partition coefficient (Wildman–Crippen LogP) is 4.43. The lowest BCUT2D eigenvalue weighted by Crippen LogP contribution is -2.12. The number of carbonyl (C=O) groups excluding carboxylic acids is 1. The molecule has 1 heterocycles. The van der Waals surface area contributed by atoms with Crippen molar-refractivity contribution in [1.82, 2.24) is 10.2 Å². The highest BCUT2D eigenvalue weighted by molar-refractivity contribution is 6.42. The number of hydrogen-bond donors (Lipinski definition) is 1. The van der Waals surface area contributed by atoms with Gasteiger partial charge in [-0.2, -0.15) is 0 Å². The van der Waals surface area contributed by atoms with E-state index in [1.165, 1.54) is 24.3 Å². The molecule has 0 aliphatic heterocycles. The molecular formula is C15H8Cl2FN3O2.